The van der Waals surface area contributed by atoms with Crippen LogP contribution in [0.2, 0.25) is 0 Å². The first-order valence-electron chi connectivity index (χ1n) is 15.8. The van der Waals surface area contributed by atoms with Gasteiger partial charge in [-0.2, -0.15) is 0 Å². The molecule has 0 saturated heterocycles. The molecule has 0 atom stereocenters. The Morgan fingerprint density at radius 1 is 0.333 bits per heavy atom. The minimum absolute atomic E-state index is 1.11. The van der Waals surface area contributed by atoms with Gasteiger partial charge in [0.05, 0.1) is 0 Å². The predicted molar refractivity (Wildman–Crippen MR) is 185 cm³/mol. The fraction of sp³-hybridized carbons (Fsp3) is 0.190. The summed E-state index contributed by atoms with van der Waals surface area (Å²) in [4.78, 5) is 0. The molecule has 0 aliphatic carbocycles. The van der Waals surface area contributed by atoms with Gasteiger partial charge in [0.15, 0.2) is 0 Å². The van der Waals surface area contributed by atoms with Crippen LogP contribution >= 0.6 is 0 Å². The summed E-state index contributed by atoms with van der Waals surface area (Å²) in [6, 6.07) is 45.5. The van der Waals surface area contributed by atoms with Crippen LogP contribution in [0.4, 0.5) is 0 Å². The summed E-state index contributed by atoms with van der Waals surface area (Å²) in [6.07, 6.45) is 7.00. The largest absolute Gasteiger partial charge is 0.0654 e. The second kappa shape index (κ2) is 11.5. The Hall–Kier alpha value is -4.42. The molecule has 0 spiro atoms. The van der Waals surface area contributed by atoms with E-state index in [9.17, 15) is 0 Å². The van der Waals surface area contributed by atoms with E-state index in [0.29, 0.717) is 0 Å². The van der Waals surface area contributed by atoms with Gasteiger partial charge in [-0.05, 0) is 102 Å². The highest BCUT2D eigenvalue weighted by Gasteiger charge is 2.21. The fourth-order valence-corrected chi connectivity index (χ4v) is 7.18. The molecule has 0 bridgehead atoms. The third-order valence-electron chi connectivity index (χ3n) is 9.11. The van der Waals surface area contributed by atoms with Crippen molar-refractivity contribution in [3.8, 4) is 22.3 Å². The molecule has 0 nitrogen and oxygen atoms in total. The van der Waals surface area contributed by atoms with Crippen LogP contribution in [0.5, 0.6) is 0 Å². The smallest absolute Gasteiger partial charge is 0.00204 e. The predicted octanol–water partition coefficient (Wildman–Crippen LogP) is 12.3. The lowest BCUT2D eigenvalue weighted by Crippen LogP contribution is -1.97. The van der Waals surface area contributed by atoms with E-state index in [1.54, 1.807) is 0 Å². The van der Waals surface area contributed by atoms with Gasteiger partial charge in [0.1, 0.15) is 0 Å². The van der Waals surface area contributed by atoms with Gasteiger partial charge in [0.25, 0.3) is 0 Å². The normalized spacial score (nSPS) is 11.7. The molecule has 0 saturated carbocycles. The number of unbranched alkanes of at least 4 members (excludes halogenated alkanes) is 2. The Morgan fingerprint density at radius 3 is 0.881 bits per heavy atom. The van der Waals surface area contributed by atoms with E-state index in [1.165, 1.54) is 102 Å². The molecule has 0 amide bonds. The molecule has 7 aromatic rings. The van der Waals surface area contributed by atoms with Crippen LogP contribution in [0.15, 0.2) is 121 Å². The summed E-state index contributed by atoms with van der Waals surface area (Å²) in [6.45, 7) is 4.58. The van der Waals surface area contributed by atoms with Gasteiger partial charge in [-0.25, -0.2) is 0 Å². The summed E-state index contributed by atoms with van der Waals surface area (Å²) in [5.74, 6) is 0. The van der Waals surface area contributed by atoms with Gasteiger partial charge >= 0.3 is 0 Å². The Morgan fingerprint density at radius 2 is 0.595 bits per heavy atom. The molecule has 0 radical (unpaired) electrons. The molecule has 0 unspecified atom stereocenters. The van der Waals surface area contributed by atoms with E-state index in [2.05, 4.69) is 135 Å². The van der Waals surface area contributed by atoms with Crippen molar-refractivity contribution in [2.75, 3.05) is 0 Å². The van der Waals surface area contributed by atoms with Crippen LogP contribution in [0, 0.1) is 0 Å². The van der Waals surface area contributed by atoms with E-state index in [-0.39, 0.29) is 0 Å². The topological polar surface area (TPSA) is 0 Å². The Balaban J connectivity index is 1.61. The maximum atomic E-state index is 2.35. The van der Waals surface area contributed by atoms with Gasteiger partial charge in [0.2, 0.25) is 0 Å². The minimum atomic E-state index is 1.11. The molecule has 0 aliphatic rings. The number of aryl methyl sites for hydroxylation is 2. The molecule has 42 heavy (non-hydrogen) atoms. The molecular weight excluding hydrogens is 504 g/mol. The summed E-state index contributed by atoms with van der Waals surface area (Å²) in [5.41, 5.74) is 8.29. The second-order valence-electron chi connectivity index (χ2n) is 11.6. The molecule has 0 heterocycles. The van der Waals surface area contributed by atoms with E-state index >= 15 is 0 Å². The molecular formula is C42H38. The van der Waals surface area contributed by atoms with Crippen LogP contribution in [0.1, 0.15) is 50.7 Å². The van der Waals surface area contributed by atoms with Crippen LogP contribution in [0.3, 0.4) is 0 Å². The molecule has 7 aromatic carbocycles. The first-order valence-corrected chi connectivity index (χ1v) is 15.8. The standard InChI is InChI=1S/C42H38/c1-3-5-17-29-31-19-7-11-23-35(31)41(36-24-12-8-20-32(29)36)39-27-15-16-28-40(39)42-37-25-13-9-21-33(37)30(18-6-4-2)34-22-10-14-26-38(34)42/h7-16,19-28H,3-6,17-18H2,1-2H3. The molecule has 0 fully saturated rings. The first kappa shape index (κ1) is 26.5. The lowest BCUT2D eigenvalue weighted by Gasteiger charge is -2.22. The SMILES string of the molecule is CCCCc1c2ccccc2c(-c2ccccc2-c2c3ccccc3c(CCCC)c3ccccc23)c2ccccc12. The zero-order valence-corrected chi connectivity index (χ0v) is 24.8. The fourth-order valence-electron chi connectivity index (χ4n) is 7.18. The van der Waals surface area contributed by atoms with Gasteiger partial charge < -0.3 is 0 Å². The Kier molecular flexibility index (Phi) is 7.22. The van der Waals surface area contributed by atoms with Crippen molar-refractivity contribution in [3.05, 3.63) is 132 Å². The van der Waals surface area contributed by atoms with Gasteiger partial charge in [-0.15, -0.1) is 0 Å². The summed E-state index contributed by atoms with van der Waals surface area (Å²) in [5, 5.41) is 11.0. The molecule has 0 N–H and O–H groups in total. The van der Waals surface area contributed by atoms with Gasteiger partial charge in [-0.3, -0.25) is 0 Å². The number of rotatable bonds is 8. The maximum Gasteiger partial charge on any atom is -0.00204 e. The summed E-state index contributed by atoms with van der Waals surface area (Å²) in [7, 11) is 0. The lowest BCUT2D eigenvalue weighted by molar-refractivity contribution is 0.802. The van der Waals surface area contributed by atoms with Gasteiger partial charge in [-0.1, -0.05) is 148 Å². The number of hydrogen-bond donors (Lipinski definition) is 0. The van der Waals surface area contributed by atoms with Crippen molar-refractivity contribution in [2.45, 2.75) is 52.4 Å². The highest BCUT2D eigenvalue weighted by Crippen LogP contribution is 2.47. The zero-order chi connectivity index (χ0) is 28.5. The maximum absolute atomic E-state index is 2.35. The van der Waals surface area contributed by atoms with Crippen LogP contribution in [-0.2, 0) is 12.8 Å². The molecule has 0 aromatic heterocycles. The van der Waals surface area contributed by atoms with Crippen molar-refractivity contribution in [3.63, 3.8) is 0 Å². The van der Waals surface area contributed by atoms with Crippen molar-refractivity contribution >= 4 is 43.1 Å². The molecule has 0 heteroatoms. The summed E-state index contributed by atoms with van der Waals surface area (Å²) < 4.78 is 0. The van der Waals surface area contributed by atoms with Crippen molar-refractivity contribution in [1.29, 1.82) is 0 Å². The third-order valence-corrected chi connectivity index (χ3v) is 9.11. The van der Waals surface area contributed by atoms with Crippen LogP contribution in [0.25, 0.3) is 65.3 Å². The minimum Gasteiger partial charge on any atom is -0.0654 e. The number of fused-ring (bicyclic) bond motifs is 4. The third kappa shape index (κ3) is 4.38. The molecule has 7 rings (SSSR count). The number of benzene rings is 7. The quantitative estimate of drug-likeness (QED) is 0.168. The monoisotopic (exact) mass is 542 g/mol. The van der Waals surface area contributed by atoms with E-state index in [1.807, 2.05) is 0 Å². The van der Waals surface area contributed by atoms with E-state index < -0.39 is 0 Å². The average molecular weight is 543 g/mol. The lowest BCUT2D eigenvalue weighted by atomic mass is 9.81. The van der Waals surface area contributed by atoms with Crippen molar-refractivity contribution < 1.29 is 0 Å². The summed E-state index contributed by atoms with van der Waals surface area (Å²) >= 11 is 0. The molecule has 0 aliphatic heterocycles. The Bertz CT molecular complexity index is 1800. The van der Waals surface area contributed by atoms with Crippen LogP contribution in [-0.4, -0.2) is 0 Å². The van der Waals surface area contributed by atoms with E-state index in [4.69, 9.17) is 0 Å². The van der Waals surface area contributed by atoms with Crippen molar-refractivity contribution in [2.24, 2.45) is 0 Å². The van der Waals surface area contributed by atoms with Crippen molar-refractivity contribution in [1.82, 2.24) is 0 Å². The number of hydrogen-bond acceptors (Lipinski definition) is 0. The zero-order valence-electron chi connectivity index (χ0n) is 24.8. The highest BCUT2D eigenvalue weighted by molar-refractivity contribution is 6.21. The van der Waals surface area contributed by atoms with E-state index in [0.717, 1.165) is 12.8 Å². The van der Waals surface area contributed by atoms with Crippen LogP contribution < -0.4 is 0 Å². The Labute approximate surface area is 249 Å². The van der Waals surface area contributed by atoms with Gasteiger partial charge in [0, 0.05) is 0 Å². The highest BCUT2D eigenvalue weighted by atomic mass is 14.2. The molecule has 206 valence electrons. The average Bonchev–Trinajstić information content (AvgIpc) is 3.05. The first-order chi connectivity index (χ1) is 20.8. The second-order valence-corrected chi connectivity index (χ2v) is 11.6.